The Hall–Kier alpha value is -1.62. The summed E-state index contributed by atoms with van der Waals surface area (Å²) < 4.78 is 18.7. The summed E-state index contributed by atoms with van der Waals surface area (Å²) in [6.07, 6.45) is 2.10. The molecule has 0 aliphatic carbocycles. The first kappa shape index (κ1) is 13.8. The van der Waals surface area contributed by atoms with Crippen LogP contribution in [-0.2, 0) is 4.79 Å². The zero-order chi connectivity index (χ0) is 13.8. The Morgan fingerprint density at radius 2 is 2.16 bits per heavy atom. The molecular formula is C14H19FN2O2. The molecule has 5 heteroatoms. The van der Waals surface area contributed by atoms with Gasteiger partial charge in [0.2, 0.25) is 0 Å². The number of benzene rings is 1. The second-order valence-corrected chi connectivity index (χ2v) is 4.85. The Labute approximate surface area is 112 Å². The minimum absolute atomic E-state index is 0.0225. The minimum atomic E-state index is -0.356. The summed E-state index contributed by atoms with van der Waals surface area (Å²) in [5.41, 5.74) is 6.35. The average molecular weight is 266 g/mol. The summed E-state index contributed by atoms with van der Waals surface area (Å²) in [6, 6.07) is 3.83. The quantitative estimate of drug-likeness (QED) is 0.904. The van der Waals surface area contributed by atoms with Gasteiger partial charge < -0.3 is 15.4 Å². The topological polar surface area (TPSA) is 55.6 Å². The van der Waals surface area contributed by atoms with Gasteiger partial charge >= 0.3 is 0 Å². The lowest BCUT2D eigenvalue weighted by molar-refractivity contribution is -0.132. The molecule has 0 radical (unpaired) electrons. The van der Waals surface area contributed by atoms with Crippen molar-refractivity contribution in [2.75, 3.05) is 19.7 Å². The van der Waals surface area contributed by atoms with E-state index >= 15 is 0 Å². The van der Waals surface area contributed by atoms with Crippen LogP contribution in [0.4, 0.5) is 4.39 Å². The molecule has 104 valence electrons. The normalized spacial score (nSPS) is 16.5. The molecular weight excluding hydrogens is 247 g/mol. The van der Waals surface area contributed by atoms with Gasteiger partial charge in [-0.3, -0.25) is 4.79 Å². The van der Waals surface area contributed by atoms with Crippen LogP contribution in [0, 0.1) is 5.82 Å². The highest BCUT2D eigenvalue weighted by molar-refractivity contribution is 5.78. The van der Waals surface area contributed by atoms with Gasteiger partial charge in [0.25, 0.3) is 5.91 Å². The number of likely N-dealkylation sites (tertiary alicyclic amines) is 1. The van der Waals surface area contributed by atoms with Crippen LogP contribution < -0.4 is 10.5 Å². The molecule has 1 aliphatic rings. The molecule has 1 amide bonds. The van der Waals surface area contributed by atoms with Crippen molar-refractivity contribution < 1.29 is 13.9 Å². The number of hydrogen-bond acceptors (Lipinski definition) is 3. The third kappa shape index (κ3) is 3.44. The standard InChI is InChI=1S/C14H19FN2O2/c1-10(16)12-8-11(15)4-5-13(12)19-9-14(18)17-6-2-3-7-17/h4-5,8,10H,2-3,6-7,9,16H2,1H3/t10-/m1/s1. The van der Waals surface area contributed by atoms with Crippen LogP contribution in [0.3, 0.4) is 0 Å². The van der Waals surface area contributed by atoms with Crippen LogP contribution in [0.15, 0.2) is 18.2 Å². The molecule has 0 unspecified atom stereocenters. The number of amides is 1. The van der Waals surface area contributed by atoms with E-state index in [0.29, 0.717) is 11.3 Å². The van der Waals surface area contributed by atoms with Gasteiger partial charge in [0.15, 0.2) is 6.61 Å². The first-order valence-electron chi connectivity index (χ1n) is 6.53. The van der Waals surface area contributed by atoms with E-state index in [2.05, 4.69) is 0 Å². The largest absolute Gasteiger partial charge is 0.483 e. The Bertz CT molecular complexity index is 457. The molecule has 2 rings (SSSR count). The molecule has 0 aromatic heterocycles. The lowest BCUT2D eigenvalue weighted by Crippen LogP contribution is -2.32. The van der Waals surface area contributed by atoms with Gasteiger partial charge in [-0.05, 0) is 38.0 Å². The summed E-state index contributed by atoms with van der Waals surface area (Å²) in [7, 11) is 0. The maximum atomic E-state index is 13.2. The fourth-order valence-corrected chi connectivity index (χ4v) is 2.20. The Balaban J connectivity index is 2.00. The van der Waals surface area contributed by atoms with Gasteiger partial charge in [0.1, 0.15) is 11.6 Å². The number of hydrogen-bond donors (Lipinski definition) is 1. The van der Waals surface area contributed by atoms with E-state index in [1.54, 1.807) is 11.8 Å². The molecule has 1 heterocycles. The summed E-state index contributed by atoms with van der Waals surface area (Å²) in [4.78, 5) is 13.6. The smallest absolute Gasteiger partial charge is 0.260 e. The number of nitrogens with zero attached hydrogens (tertiary/aromatic N) is 1. The number of ether oxygens (including phenoxy) is 1. The molecule has 1 saturated heterocycles. The highest BCUT2D eigenvalue weighted by Crippen LogP contribution is 2.24. The molecule has 2 N–H and O–H groups in total. The van der Waals surface area contributed by atoms with E-state index in [1.807, 2.05) is 0 Å². The SMILES string of the molecule is C[C@@H](N)c1cc(F)ccc1OCC(=O)N1CCCC1. The van der Waals surface area contributed by atoms with Crippen molar-refractivity contribution >= 4 is 5.91 Å². The molecule has 0 saturated carbocycles. The first-order valence-corrected chi connectivity index (χ1v) is 6.53. The van der Waals surface area contributed by atoms with Crippen molar-refractivity contribution in [1.29, 1.82) is 0 Å². The van der Waals surface area contributed by atoms with Gasteiger partial charge in [-0.2, -0.15) is 0 Å². The third-order valence-corrected chi connectivity index (χ3v) is 3.27. The number of halogens is 1. The second-order valence-electron chi connectivity index (χ2n) is 4.85. The van der Waals surface area contributed by atoms with E-state index in [1.165, 1.54) is 18.2 Å². The van der Waals surface area contributed by atoms with Crippen LogP contribution in [0.5, 0.6) is 5.75 Å². The van der Waals surface area contributed by atoms with Gasteiger partial charge in [0, 0.05) is 24.7 Å². The lowest BCUT2D eigenvalue weighted by Gasteiger charge is -2.17. The highest BCUT2D eigenvalue weighted by atomic mass is 19.1. The van der Waals surface area contributed by atoms with E-state index < -0.39 is 0 Å². The molecule has 0 bridgehead atoms. The molecule has 0 spiro atoms. The van der Waals surface area contributed by atoms with Crippen LogP contribution in [0.2, 0.25) is 0 Å². The van der Waals surface area contributed by atoms with Gasteiger partial charge in [-0.15, -0.1) is 0 Å². The average Bonchev–Trinajstić information content (AvgIpc) is 2.90. The van der Waals surface area contributed by atoms with Gasteiger partial charge in [0.05, 0.1) is 0 Å². The molecule has 1 fully saturated rings. The predicted octanol–water partition coefficient (Wildman–Crippen LogP) is 1.85. The summed E-state index contributed by atoms with van der Waals surface area (Å²) in [5, 5.41) is 0. The van der Waals surface area contributed by atoms with E-state index in [-0.39, 0.29) is 24.4 Å². The minimum Gasteiger partial charge on any atom is -0.483 e. The van der Waals surface area contributed by atoms with Crippen molar-refractivity contribution in [3.05, 3.63) is 29.6 Å². The Morgan fingerprint density at radius 1 is 1.47 bits per heavy atom. The molecule has 1 aliphatic heterocycles. The zero-order valence-electron chi connectivity index (χ0n) is 11.1. The fourth-order valence-electron chi connectivity index (χ4n) is 2.20. The maximum absolute atomic E-state index is 13.2. The number of nitrogens with two attached hydrogens (primary N) is 1. The van der Waals surface area contributed by atoms with Gasteiger partial charge in [-0.1, -0.05) is 0 Å². The monoisotopic (exact) mass is 266 g/mol. The predicted molar refractivity (Wildman–Crippen MR) is 70.3 cm³/mol. The Kier molecular flexibility index (Phi) is 4.37. The number of carbonyl (C=O) groups excluding carboxylic acids is 1. The van der Waals surface area contributed by atoms with E-state index in [9.17, 15) is 9.18 Å². The maximum Gasteiger partial charge on any atom is 0.260 e. The summed E-state index contributed by atoms with van der Waals surface area (Å²) in [6.45, 7) is 3.33. The molecule has 1 atom stereocenters. The molecule has 1 aromatic carbocycles. The van der Waals surface area contributed by atoms with Crippen molar-refractivity contribution in [1.82, 2.24) is 4.90 Å². The lowest BCUT2D eigenvalue weighted by atomic mass is 10.1. The van der Waals surface area contributed by atoms with Crippen LogP contribution >= 0.6 is 0 Å². The second kappa shape index (κ2) is 6.02. The van der Waals surface area contributed by atoms with Crippen LogP contribution in [-0.4, -0.2) is 30.5 Å². The summed E-state index contributed by atoms with van der Waals surface area (Å²) >= 11 is 0. The van der Waals surface area contributed by atoms with Crippen molar-refractivity contribution in [3.8, 4) is 5.75 Å². The van der Waals surface area contributed by atoms with Gasteiger partial charge in [-0.25, -0.2) is 4.39 Å². The molecule has 19 heavy (non-hydrogen) atoms. The Morgan fingerprint density at radius 3 is 2.79 bits per heavy atom. The highest BCUT2D eigenvalue weighted by Gasteiger charge is 2.19. The van der Waals surface area contributed by atoms with E-state index in [0.717, 1.165) is 25.9 Å². The zero-order valence-corrected chi connectivity index (χ0v) is 11.1. The number of carbonyl (C=O) groups is 1. The van der Waals surface area contributed by atoms with Crippen LogP contribution in [0.25, 0.3) is 0 Å². The van der Waals surface area contributed by atoms with Crippen molar-refractivity contribution in [2.24, 2.45) is 5.73 Å². The fraction of sp³-hybridized carbons (Fsp3) is 0.500. The molecule has 4 nitrogen and oxygen atoms in total. The van der Waals surface area contributed by atoms with Crippen molar-refractivity contribution in [3.63, 3.8) is 0 Å². The van der Waals surface area contributed by atoms with Crippen molar-refractivity contribution in [2.45, 2.75) is 25.8 Å². The third-order valence-electron chi connectivity index (χ3n) is 3.27. The van der Waals surface area contributed by atoms with Crippen LogP contribution in [0.1, 0.15) is 31.4 Å². The van der Waals surface area contributed by atoms with E-state index in [4.69, 9.17) is 10.5 Å². The number of rotatable bonds is 4. The summed E-state index contributed by atoms with van der Waals surface area (Å²) in [5.74, 6) is 0.0897. The first-order chi connectivity index (χ1) is 9.08. The molecule has 1 aromatic rings.